The zero-order valence-corrected chi connectivity index (χ0v) is 35.4. The van der Waals surface area contributed by atoms with Gasteiger partial charge in [-0.15, -0.1) is 0 Å². The number of fused-ring (bicyclic) bond motifs is 15. The van der Waals surface area contributed by atoms with Crippen molar-refractivity contribution in [2.24, 2.45) is 0 Å². The van der Waals surface area contributed by atoms with Crippen LogP contribution < -0.4 is 4.90 Å². The number of para-hydroxylation sites is 1. The summed E-state index contributed by atoms with van der Waals surface area (Å²) >= 11 is 0. The number of anilines is 3. The Morgan fingerprint density at radius 2 is 0.800 bits per heavy atom. The second-order valence-electron chi connectivity index (χ2n) is 17.6. The molecular formula is C63H39NO. The summed E-state index contributed by atoms with van der Waals surface area (Å²) in [6, 6.07) is 87.1. The molecule has 2 heteroatoms. The molecule has 0 radical (unpaired) electrons. The molecular weight excluding hydrogens is 787 g/mol. The van der Waals surface area contributed by atoms with E-state index >= 15 is 0 Å². The van der Waals surface area contributed by atoms with E-state index in [-0.39, 0.29) is 0 Å². The van der Waals surface area contributed by atoms with Crippen molar-refractivity contribution < 1.29 is 4.42 Å². The van der Waals surface area contributed by atoms with Crippen LogP contribution >= 0.6 is 0 Å². The van der Waals surface area contributed by atoms with E-state index in [4.69, 9.17) is 4.42 Å². The fraction of sp³-hybridized carbons (Fsp3) is 0.0159. The third-order valence-corrected chi connectivity index (χ3v) is 14.2. The Bertz CT molecular complexity index is 3860. The summed E-state index contributed by atoms with van der Waals surface area (Å²) in [5, 5.41) is 7.21. The average molecular weight is 826 g/mol. The highest BCUT2D eigenvalue weighted by molar-refractivity contribution is 6.07. The van der Waals surface area contributed by atoms with Crippen molar-refractivity contribution in [3.05, 3.63) is 259 Å². The summed E-state index contributed by atoms with van der Waals surface area (Å²) in [4.78, 5) is 2.44. The third kappa shape index (κ3) is 5.23. The lowest BCUT2D eigenvalue weighted by atomic mass is 9.70. The topological polar surface area (TPSA) is 16.4 Å². The van der Waals surface area contributed by atoms with Gasteiger partial charge in [0, 0.05) is 33.8 Å². The molecule has 12 aromatic rings. The Balaban J connectivity index is 0.921. The molecule has 65 heavy (non-hydrogen) atoms. The van der Waals surface area contributed by atoms with Crippen molar-refractivity contribution in [2.45, 2.75) is 5.41 Å². The number of nitrogens with zero attached hydrogens (tertiary/aromatic N) is 1. The summed E-state index contributed by atoms with van der Waals surface area (Å²) in [6.45, 7) is 0. The Hall–Kier alpha value is -8.46. The van der Waals surface area contributed by atoms with E-state index in [1.54, 1.807) is 0 Å². The molecule has 2 aliphatic rings. The Kier molecular flexibility index (Phi) is 7.64. The van der Waals surface area contributed by atoms with Gasteiger partial charge in [-0.3, -0.25) is 0 Å². The summed E-state index contributed by atoms with van der Waals surface area (Å²) < 4.78 is 6.55. The molecule has 0 aliphatic heterocycles. The number of hydrogen-bond donors (Lipinski definition) is 0. The van der Waals surface area contributed by atoms with E-state index in [2.05, 4.69) is 235 Å². The Morgan fingerprint density at radius 3 is 1.51 bits per heavy atom. The van der Waals surface area contributed by atoms with Crippen LogP contribution in [-0.4, -0.2) is 0 Å². The van der Waals surface area contributed by atoms with Gasteiger partial charge in [-0.05, 0) is 137 Å². The van der Waals surface area contributed by atoms with Gasteiger partial charge in [0.05, 0.1) is 11.1 Å². The lowest BCUT2D eigenvalue weighted by Crippen LogP contribution is -2.26. The normalized spacial score (nSPS) is 13.0. The van der Waals surface area contributed by atoms with Gasteiger partial charge in [0.1, 0.15) is 11.2 Å². The maximum Gasteiger partial charge on any atom is 0.137 e. The molecule has 2 aliphatic carbocycles. The first-order valence-electron chi connectivity index (χ1n) is 22.5. The smallest absolute Gasteiger partial charge is 0.137 e. The van der Waals surface area contributed by atoms with Gasteiger partial charge < -0.3 is 9.32 Å². The minimum atomic E-state index is -0.445. The number of rotatable bonds is 5. The lowest BCUT2D eigenvalue weighted by molar-refractivity contribution is 0.669. The molecule has 0 fully saturated rings. The first kappa shape index (κ1) is 36.1. The monoisotopic (exact) mass is 825 g/mol. The van der Waals surface area contributed by atoms with E-state index in [0.717, 1.165) is 39.0 Å². The van der Waals surface area contributed by atoms with E-state index in [1.165, 1.54) is 88.3 Å². The molecule has 14 rings (SSSR count). The van der Waals surface area contributed by atoms with Gasteiger partial charge in [0.2, 0.25) is 0 Å². The molecule has 0 bridgehead atoms. The molecule has 0 saturated carbocycles. The molecule has 1 heterocycles. The van der Waals surface area contributed by atoms with Crippen LogP contribution in [0, 0.1) is 0 Å². The van der Waals surface area contributed by atoms with Crippen LogP contribution in [0.3, 0.4) is 0 Å². The third-order valence-electron chi connectivity index (χ3n) is 14.2. The zero-order chi connectivity index (χ0) is 42.6. The van der Waals surface area contributed by atoms with Gasteiger partial charge in [0.15, 0.2) is 0 Å². The molecule has 0 amide bonds. The summed E-state index contributed by atoms with van der Waals surface area (Å²) in [5.74, 6) is 0. The largest absolute Gasteiger partial charge is 0.456 e. The van der Waals surface area contributed by atoms with Crippen molar-refractivity contribution in [3.8, 4) is 44.5 Å². The second kappa shape index (κ2) is 13.8. The van der Waals surface area contributed by atoms with Crippen molar-refractivity contribution in [1.82, 2.24) is 0 Å². The maximum absolute atomic E-state index is 6.55. The summed E-state index contributed by atoms with van der Waals surface area (Å²) in [6.07, 6.45) is 0. The van der Waals surface area contributed by atoms with Crippen LogP contribution in [0.2, 0.25) is 0 Å². The van der Waals surface area contributed by atoms with Gasteiger partial charge in [-0.1, -0.05) is 176 Å². The first-order valence-corrected chi connectivity index (χ1v) is 22.5. The Labute approximate surface area is 376 Å². The molecule has 1 aromatic heterocycles. The van der Waals surface area contributed by atoms with E-state index in [1.807, 2.05) is 6.07 Å². The number of furan rings is 1. The van der Waals surface area contributed by atoms with Crippen LogP contribution in [-0.2, 0) is 5.41 Å². The van der Waals surface area contributed by atoms with Crippen molar-refractivity contribution >= 4 is 60.5 Å². The minimum Gasteiger partial charge on any atom is -0.456 e. The fourth-order valence-electron chi connectivity index (χ4n) is 11.4. The molecule has 0 saturated heterocycles. The molecule has 0 atom stereocenters. The van der Waals surface area contributed by atoms with Gasteiger partial charge in [-0.25, -0.2) is 0 Å². The molecule has 2 nitrogen and oxygen atoms in total. The SMILES string of the molecule is c1ccc2c(c1)-c1ccccc1C21c2ccccc2-c2c(N(c3ccc(-c4ccc5cc(-c6ccc7ccccc7c6)ccc5c4)cc3)c3ccc4c(c3)oc3ccccc34)cccc21. The highest BCUT2D eigenvalue weighted by Crippen LogP contribution is 2.64. The van der Waals surface area contributed by atoms with Gasteiger partial charge in [0.25, 0.3) is 0 Å². The quantitative estimate of drug-likeness (QED) is 0.172. The minimum absolute atomic E-state index is 0.445. The lowest BCUT2D eigenvalue weighted by Gasteiger charge is -2.31. The zero-order valence-electron chi connectivity index (χ0n) is 35.4. The highest BCUT2D eigenvalue weighted by Gasteiger charge is 2.52. The van der Waals surface area contributed by atoms with Crippen LogP contribution in [0.4, 0.5) is 17.1 Å². The molecule has 1 spiro atoms. The van der Waals surface area contributed by atoms with E-state index in [0.29, 0.717) is 0 Å². The predicted octanol–water partition coefficient (Wildman–Crippen LogP) is 17.0. The van der Waals surface area contributed by atoms with Crippen LogP contribution in [0.5, 0.6) is 0 Å². The van der Waals surface area contributed by atoms with Gasteiger partial charge >= 0.3 is 0 Å². The second-order valence-corrected chi connectivity index (χ2v) is 17.6. The van der Waals surface area contributed by atoms with E-state index in [9.17, 15) is 0 Å². The fourth-order valence-corrected chi connectivity index (χ4v) is 11.4. The molecule has 302 valence electrons. The molecule has 0 unspecified atom stereocenters. The molecule has 0 N–H and O–H groups in total. The maximum atomic E-state index is 6.55. The van der Waals surface area contributed by atoms with Crippen LogP contribution in [0.1, 0.15) is 22.3 Å². The van der Waals surface area contributed by atoms with Crippen LogP contribution in [0.15, 0.2) is 241 Å². The average Bonchev–Trinajstić information content (AvgIpc) is 4.00. The van der Waals surface area contributed by atoms with E-state index < -0.39 is 5.41 Å². The van der Waals surface area contributed by atoms with Gasteiger partial charge in [-0.2, -0.15) is 0 Å². The number of hydrogen-bond acceptors (Lipinski definition) is 2. The standard InChI is InChI=1S/C63H39NO/c1-2-13-42-36-44(25-24-40(42)12-1)47-29-28-45-37-43(26-27-46(45)38-47)41-30-32-48(33-31-41)64(49-34-35-53-52-16-6-10-23-60(52)65-61(53)39-49)59-22-11-21-58-62(59)54-17-5-9-20-57(54)63(58)55-18-7-3-14-50(55)51-15-4-8-19-56(51)63/h1-39H. The first-order chi connectivity index (χ1) is 32.2. The van der Waals surface area contributed by atoms with Crippen molar-refractivity contribution in [3.63, 3.8) is 0 Å². The summed E-state index contributed by atoms with van der Waals surface area (Å²) in [7, 11) is 0. The Morgan fingerprint density at radius 1 is 0.308 bits per heavy atom. The van der Waals surface area contributed by atoms with Crippen LogP contribution in [0.25, 0.3) is 88.0 Å². The summed E-state index contributed by atoms with van der Waals surface area (Å²) in [5.41, 5.74) is 19.8. The highest BCUT2D eigenvalue weighted by atomic mass is 16.3. The molecule has 11 aromatic carbocycles. The van der Waals surface area contributed by atoms with Crippen molar-refractivity contribution in [1.29, 1.82) is 0 Å². The predicted molar refractivity (Wildman–Crippen MR) is 271 cm³/mol. The van der Waals surface area contributed by atoms with Crippen molar-refractivity contribution in [2.75, 3.05) is 4.90 Å². The number of benzene rings is 11.